The third-order valence-electron chi connectivity index (χ3n) is 3.29. The average molecular weight is 362 g/mol. The van der Waals surface area contributed by atoms with Crippen molar-refractivity contribution in [2.24, 2.45) is 4.99 Å². The number of guanidine groups is 1. The molecule has 0 unspecified atom stereocenters. The molecule has 0 atom stereocenters. The maximum atomic E-state index is 5.69. The molecule has 0 aliphatic carbocycles. The number of para-hydroxylation sites is 1. The Morgan fingerprint density at radius 2 is 2.04 bits per heavy atom. The first kappa shape index (κ1) is 19.1. The van der Waals surface area contributed by atoms with Gasteiger partial charge in [0, 0.05) is 32.6 Å². The third kappa shape index (κ3) is 7.01. The largest absolute Gasteiger partial charge is 0.494 e. The van der Waals surface area contributed by atoms with Crippen LogP contribution >= 0.6 is 11.3 Å². The fourth-order valence-corrected chi connectivity index (χ4v) is 2.81. The van der Waals surface area contributed by atoms with Gasteiger partial charge in [-0.2, -0.15) is 0 Å². The zero-order valence-electron chi connectivity index (χ0n) is 15.2. The Bertz CT molecular complexity index is 642. The number of hydrogen-bond acceptors (Lipinski definition) is 5. The molecule has 2 N–H and O–H groups in total. The van der Waals surface area contributed by atoms with E-state index in [9.17, 15) is 0 Å². The van der Waals surface area contributed by atoms with Gasteiger partial charge < -0.3 is 20.3 Å². The molecule has 0 radical (unpaired) electrons. The first-order valence-corrected chi connectivity index (χ1v) is 9.38. The van der Waals surface area contributed by atoms with Crippen molar-refractivity contribution in [2.45, 2.75) is 19.9 Å². The van der Waals surface area contributed by atoms with Gasteiger partial charge in [0.15, 0.2) is 11.1 Å². The van der Waals surface area contributed by atoms with Gasteiger partial charge in [-0.1, -0.05) is 18.2 Å². The Morgan fingerprint density at radius 1 is 1.24 bits per heavy atom. The fraction of sp³-hybridized carbons (Fsp3) is 0.444. The molecule has 0 saturated heterocycles. The van der Waals surface area contributed by atoms with Crippen molar-refractivity contribution in [1.29, 1.82) is 0 Å². The highest BCUT2D eigenvalue weighted by molar-refractivity contribution is 7.13. The summed E-state index contributed by atoms with van der Waals surface area (Å²) >= 11 is 1.63. The number of nitrogens with one attached hydrogen (secondary N) is 2. The predicted molar refractivity (Wildman–Crippen MR) is 106 cm³/mol. The van der Waals surface area contributed by atoms with Crippen molar-refractivity contribution in [1.82, 2.24) is 15.6 Å². The van der Waals surface area contributed by atoms with Crippen LogP contribution < -0.4 is 20.3 Å². The van der Waals surface area contributed by atoms with Crippen LogP contribution in [0.3, 0.4) is 0 Å². The summed E-state index contributed by atoms with van der Waals surface area (Å²) in [5.74, 6) is 1.71. The number of nitrogens with zero attached hydrogens (tertiary/aromatic N) is 3. The van der Waals surface area contributed by atoms with Crippen molar-refractivity contribution in [3.05, 3.63) is 41.4 Å². The topological polar surface area (TPSA) is 61.8 Å². The molecule has 0 fully saturated rings. The smallest absolute Gasteiger partial charge is 0.191 e. The van der Waals surface area contributed by atoms with Gasteiger partial charge >= 0.3 is 0 Å². The van der Waals surface area contributed by atoms with Gasteiger partial charge in [0.25, 0.3) is 0 Å². The van der Waals surface area contributed by atoms with Crippen LogP contribution in [0.25, 0.3) is 0 Å². The van der Waals surface area contributed by atoms with Gasteiger partial charge in [0.2, 0.25) is 0 Å². The van der Waals surface area contributed by atoms with Crippen LogP contribution in [0.5, 0.6) is 5.75 Å². The van der Waals surface area contributed by atoms with E-state index in [0.717, 1.165) is 42.0 Å². The lowest BCUT2D eigenvalue weighted by Crippen LogP contribution is -2.38. The molecule has 0 spiro atoms. The number of anilines is 1. The second kappa shape index (κ2) is 10.6. The summed E-state index contributed by atoms with van der Waals surface area (Å²) in [6.45, 7) is 4.93. The van der Waals surface area contributed by atoms with Crippen LogP contribution in [0, 0.1) is 0 Å². The van der Waals surface area contributed by atoms with Crippen LogP contribution in [0.4, 0.5) is 5.13 Å². The first-order valence-electron chi connectivity index (χ1n) is 8.50. The van der Waals surface area contributed by atoms with E-state index >= 15 is 0 Å². The van der Waals surface area contributed by atoms with E-state index < -0.39 is 0 Å². The average Bonchev–Trinajstić information content (AvgIpc) is 3.09. The molecule has 0 aliphatic rings. The molecule has 136 valence electrons. The highest BCUT2D eigenvalue weighted by Crippen LogP contribution is 2.18. The Labute approximate surface area is 154 Å². The summed E-state index contributed by atoms with van der Waals surface area (Å²) in [7, 11) is 3.99. The highest BCUT2D eigenvalue weighted by Gasteiger charge is 2.04. The summed E-state index contributed by atoms with van der Waals surface area (Å²) in [6, 6.07) is 9.87. The summed E-state index contributed by atoms with van der Waals surface area (Å²) in [4.78, 5) is 11.1. The quantitative estimate of drug-likeness (QED) is 0.408. The molecule has 1 aromatic carbocycles. The van der Waals surface area contributed by atoms with E-state index in [2.05, 4.69) is 32.9 Å². The van der Waals surface area contributed by atoms with Crippen LogP contribution in [-0.2, 0) is 6.54 Å². The van der Waals surface area contributed by atoms with Gasteiger partial charge in [0.05, 0.1) is 18.8 Å². The zero-order valence-corrected chi connectivity index (χ0v) is 16.0. The standard InChI is InChI=1S/C18H27N5OS/c1-4-19-17(21-13-15-14-25-18(22-15)23(2)3)20-11-8-12-24-16-9-6-5-7-10-16/h5-7,9-10,14H,4,8,11-13H2,1-3H3,(H2,19,20,21). The monoisotopic (exact) mass is 361 g/mol. The predicted octanol–water partition coefficient (Wildman–Crippen LogP) is 2.73. The number of rotatable bonds is 9. The lowest BCUT2D eigenvalue weighted by atomic mass is 10.3. The van der Waals surface area contributed by atoms with E-state index in [4.69, 9.17) is 4.74 Å². The summed E-state index contributed by atoms with van der Waals surface area (Å²) < 4.78 is 5.69. The normalized spacial score (nSPS) is 11.2. The van der Waals surface area contributed by atoms with E-state index in [-0.39, 0.29) is 0 Å². The van der Waals surface area contributed by atoms with Crippen molar-refractivity contribution >= 4 is 22.4 Å². The van der Waals surface area contributed by atoms with Crippen molar-refractivity contribution in [2.75, 3.05) is 38.7 Å². The Morgan fingerprint density at radius 3 is 2.72 bits per heavy atom. The molecular formula is C18H27N5OS. The number of aromatic nitrogens is 1. The highest BCUT2D eigenvalue weighted by atomic mass is 32.1. The van der Waals surface area contributed by atoms with Gasteiger partial charge in [-0.05, 0) is 25.5 Å². The molecule has 0 amide bonds. The molecule has 25 heavy (non-hydrogen) atoms. The number of hydrogen-bond donors (Lipinski definition) is 2. The molecule has 7 heteroatoms. The minimum absolute atomic E-state index is 0.570. The minimum atomic E-state index is 0.570. The minimum Gasteiger partial charge on any atom is -0.494 e. The first-order chi connectivity index (χ1) is 12.2. The molecule has 6 nitrogen and oxygen atoms in total. The van der Waals surface area contributed by atoms with Crippen LogP contribution in [-0.4, -0.2) is 44.7 Å². The molecule has 2 aromatic rings. The Hall–Kier alpha value is -2.28. The maximum Gasteiger partial charge on any atom is 0.191 e. The van der Waals surface area contributed by atoms with Crippen molar-refractivity contribution < 1.29 is 4.74 Å². The molecule has 2 rings (SSSR count). The van der Waals surface area contributed by atoms with Crippen LogP contribution in [0.1, 0.15) is 19.0 Å². The fourth-order valence-electron chi connectivity index (χ4n) is 2.06. The number of thiazole rings is 1. The van der Waals surface area contributed by atoms with E-state index in [1.165, 1.54) is 0 Å². The SMILES string of the molecule is CCNC(=NCc1csc(N(C)C)n1)NCCCOc1ccccc1. The molecule has 1 heterocycles. The summed E-state index contributed by atoms with van der Waals surface area (Å²) in [5.41, 5.74) is 0.985. The number of ether oxygens (including phenoxy) is 1. The van der Waals surface area contributed by atoms with Crippen LogP contribution in [0.2, 0.25) is 0 Å². The van der Waals surface area contributed by atoms with Gasteiger partial charge in [-0.15, -0.1) is 11.3 Å². The molecule has 0 aliphatic heterocycles. The molecule has 0 saturated carbocycles. The zero-order chi connectivity index (χ0) is 17.9. The summed E-state index contributed by atoms with van der Waals surface area (Å²) in [5, 5.41) is 9.64. The van der Waals surface area contributed by atoms with E-state index in [1.807, 2.05) is 49.3 Å². The lowest BCUT2D eigenvalue weighted by molar-refractivity contribution is 0.311. The Kier molecular flexibility index (Phi) is 8.04. The van der Waals surface area contributed by atoms with Crippen molar-refractivity contribution in [3.63, 3.8) is 0 Å². The third-order valence-corrected chi connectivity index (χ3v) is 4.35. The number of aliphatic imine (C=N–C) groups is 1. The van der Waals surface area contributed by atoms with Gasteiger partial charge in [0.1, 0.15) is 5.75 Å². The number of benzene rings is 1. The van der Waals surface area contributed by atoms with E-state index in [0.29, 0.717) is 13.2 Å². The maximum absolute atomic E-state index is 5.69. The van der Waals surface area contributed by atoms with Crippen molar-refractivity contribution in [3.8, 4) is 5.75 Å². The Balaban J connectivity index is 1.73. The van der Waals surface area contributed by atoms with E-state index in [1.54, 1.807) is 11.3 Å². The molecular weight excluding hydrogens is 334 g/mol. The molecule has 0 bridgehead atoms. The second-order valence-corrected chi connectivity index (χ2v) is 6.49. The van der Waals surface area contributed by atoms with Gasteiger partial charge in [-0.3, -0.25) is 0 Å². The molecule has 1 aromatic heterocycles. The lowest BCUT2D eigenvalue weighted by Gasteiger charge is -2.11. The van der Waals surface area contributed by atoms with Crippen LogP contribution in [0.15, 0.2) is 40.7 Å². The second-order valence-electron chi connectivity index (χ2n) is 5.65. The van der Waals surface area contributed by atoms with Gasteiger partial charge in [-0.25, -0.2) is 9.98 Å². The summed E-state index contributed by atoms with van der Waals surface area (Å²) in [6.07, 6.45) is 0.904.